The first-order valence-corrected chi connectivity index (χ1v) is 21.8. The van der Waals surface area contributed by atoms with Crippen LogP contribution in [0.4, 0.5) is 0 Å². The zero-order valence-electron chi connectivity index (χ0n) is 35.0. The van der Waals surface area contributed by atoms with Crippen molar-refractivity contribution < 1.29 is 37.9 Å². The summed E-state index contributed by atoms with van der Waals surface area (Å²) in [6.07, 6.45) is 0. The SMILES string of the molecule is c1ccc2c(CN3CCOCCOCCOCCOCC3)c3cc(-c4ccc5cc6ccccc6c(CN6CCOCCOCCOCCOCC6)c5c4)ccc3cc2c1. The molecule has 0 aliphatic carbocycles. The summed E-state index contributed by atoms with van der Waals surface area (Å²) in [5.74, 6) is 0. The summed E-state index contributed by atoms with van der Waals surface area (Å²) in [6.45, 7) is 14.1. The molecule has 2 heterocycles. The molecular formula is C50H60N2O8. The average molecular weight is 817 g/mol. The molecule has 0 amide bonds. The Bertz CT molecular complexity index is 2070. The Hall–Kier alpha value is -4.04. The molecule has 0 unspecified atom stereocenters. The molecule has 318 valence electrons. The quantitative estimate of drug-likeness (QED) is 0.162. The van der Waals surface area contributed by atoms with Crippen molar-refractivity contribution in [3.63, 3.8) is 0 Å². The lowest BCUT2D eigenvalue weighted by Crippen LogP contribution is -2.31. The van der Waals surface area contributed by atoms with Gasteiger partial charge in [0, 0.05) is 39.3 Å². The number of benzene rings is 6. The van der Waals surface area contributed by atoms with E-state index in [2.05, 4.69) is 107 Å². The van der Waals surface area contributed by atoms with Crippen LogP contribution in [-0.4, -0.2) is 142 Å². The number of hydrogen-bond acceptors (Lipinski definition) is 10. The minimum Gasteiger partial charge on any atom is -0.378 e. The number of hydrogen-bond donors (Lipinski definition) is 0. The minimum atomic E-state index is 0.567. The van der Waals surface area contributed by atoms with E-state index in [1.807, 2.05) is 0 Å². The Kier molecular flexibility index (Phi) is 16.1. The lowest BCUT2D eigenvalue weighted by Gasteiger charge is -2.25. The number of fused-ring (bicyclic) bond motifs is 4. The van der Waals surface area contributed by atoms with Crippen LogP contribution in [0.25, 0.3) is 54.2 Å². The van der Waals surface area contributed by atoms with Crippen molar-refractivity contribution in [2.75, 3.05) is 132 Å². The number of nitrogens with zero attached hydrogens (tertiary/aromatic N) is 2. The van der Waals surface area contributed by atoms with Crippen molar-refractivity contribution in [2.24, 2.45) is 0 Å². The van der Waals surface area contributed by atoms with Crippen LogP contribution in [0, 0.1) is 0 Å². The van der Waals surface area contributed by atoms with Crippen molar-refractivity contribution in [3.8, 4) is 11.1 Å². The van der Waals surface area contributed by atoms with Gasteiger partial charge in [-0.05, 0) is 89.6 Å². The van der Waals surface area contributed by atoms with Gasteiger partial charge in [-0.3, -0.25) is 9.80 Å². The van der Waals surface area contributed by atoms with Crippen molar-refractivity contribution in [1.29, 1.82) is 0 Å². The molecule has 2 fully saturated rings. The normalized spacial score (nSPS) is 19.1. The lowest BCUT2D eigenvalue weighted by atomic mass is 9.91. The molecule has 2 saturated heterocycles. The molecule has 2 aliphatic heterocycles. The summed E-state index contributed by atoms with van der Waals surface area (Å²) >= 11 is 0. The highest BCUT2D eigenvalue weighted by molar-refractivity contribution is 6.06. The Labute approximate surface area is 354 Å². The molecule has 8 rings (SSSR count). The summed E-state index contributed by atoms with van der Waals surface area (Å²) < 4.78 is 46.8. The topological polar surface area (TPSA) is 80.3 Å². The van der Waals surface area contributed by atoms with Gasteiger partial charge < -0.3 is 37.9 Å². The molecule has 6 aromatic carbocycles. The molecule has 6 aromatic rings. The van der Waals surface area contributed by atoms with E-state index < -0.39 is 0 Å². The first-order valence-electron chi connectivity index (χ1n) is 21.8. The molecule has 0 atom stereocenters. The van der Waals surface area contributed by atoms with E-state index in [9.17, 15) is 0 Å². The fourth-order valence-electron chi connectivity index (χ4n) is 8.29. The third kappa shape index (κ3) is 11.7. The van der Waals surface area contributed by atoms with E-state index in [0.29, 0.717) is 106 Å². The third-order valence-electron chi connectivity index (χ3n) is 11.5. The fourth-order valence-corrected chi connectivity index (χ4v) is 8.29. The van der Waals surface area contributed by atoms with E-state index in [1.54, 1.807) is 0 Å². The maximum Gasteiger partial charge on any atom is 0.0701 e. The fraction of sp³-hybridized carbons (Fsp3) is 0.440. The molecule has 2 aliphatic rings. The van der Waals surface area contributed by atoms with Crippen LogP contribution in [0.3, 0.4) is 0 Å². The molecule has 0 radical (unpaired) electrons. The van der Waals surface area contributed by atoms with Gasteiger partial charge in [-0.15, -0.1) is 0 Å². The van der Waals surface area contributed by atoms with Gasteiger partial charge in [0.05, 0.1) is 106 Å². The van der Waals surface area contributed by atoms with Gasteiger partial charge >= 0.3 is 0 Å². The third-order valence-corrected chi connectivity index (χ3v) is 11.5. The van der Waals surface area contributed by atoms with Gasteiger partial charge in [-0.25, -0.2) is 0 Å². The Morgan fingerprint density at radius 3 is 0.950 bits per heavy atom. The largest absolute Gasteiger partial charge is 0.378 e. The highest BCUT2D eigenvalue weighted by atomic mass is 16.6. The molecule has 0 bridgehead atoms. The predicted molar refractivity (Wildman–Crippen MR) is 239 cm³/mol. The second-order valence-corrected chi connectivity index (χ2v) is 15.5. The van der Waals surface area contributed by atoms with Gasteiger partial charge in [0.2, 0.25) is 0 Å². The summed E-state index contributed by atoms with van der Waals surface area (Å²) in [4.78, 5) is 4.92. The van der Waals surface area contributed by atoms with Crippen molar-refractivity contribution in [1.82, 2.24) is 9.80 Å². The van der Waals surface area contributed by atoms with Gasteiger partial charge in [-0.1, -0.05) is 72.8 Å². The monoisotopic (exact) mass is 816 g/mol. The zero-order chi connectivity index (χ0) is 40.6. The highest BCUT2D eigenvalue weighted by Gasteiger charge is 2.17. The zero-order valence-corrected chi connectivity index (χ0v) is 35.0. The summed E-state index contributed by atoms with van der Waals surface area (Å²) in [6, 6.07) is 36.2. The van der Waals surface area contributed by atoms with E-state index in [0.717, 1.165) is 39.3 Å². The smallest absolute Gasteiger partial charge is 0.0701 e. The standard InChI is InChI=1S/C50H60N2O8/c1-3-7-45-41(5-1)33-43-11-9-39(35-47(43)49(45)37-51-13-17-53-21-25-57-29-30-58-26-22-54-18-14-51)40-10-12-44-34-42-6-2-4-8-46(42)50(48(44)36-40)38-52-15-19-55-23-27-59-31-32-60-28-24-56-20-16-52/h1-12,33-36H,13-32,37-38H2. The maximum atomic E-state index is 6.02. The molecule has 0 saturated carbocycles. The Morgan fingerprint density at radius 1 is 0.300 bits per heavy atom. The summed E-state index contributed by atoms with van der Waals surface area (Å²) in [7, 11) is 0. The molecule has 0 N–H and O–H groups in total. The van der Waals surface area contributed by atoms with Crippen LogP contribution >= 0.6 is 0 Å². The molecule has 10 heteroatoms. The molecule has 10 nitrogen and oxygen atoms in total. The van der Waals surface area contributed by atoms with Crippen LogP contribution in [0.1, 0.15) is 11.1 Å². The van der Waals surface area contributed by atoms with Crippen LogP contribution in [0.2, 0.25) is 0 Å². The van der Waals surface area contributed by atoms with Crippen LogP contribution in [-0.2, 0) is 51.0 Å². The maximum absolute atomic E-state index is 6.02. The number of ether oxygens (including phenoxy) is 8. The van der Waals surface area contributed by atoms with Gasteiger partial charge in [0.25, 0.3) is 0 Å². The summed E-state index contributed by atoms with van der Waals surface area (Å²) in [5, 5.41) is 10.0. The van der Waals surface area contributed by atoms with Crippen LogP contribution in [0.5, 0.6) is 0 Å². The molecule has 0 aromatic heterocycles. The number of rotatable bonds is 5. The van der Waals surface area contributed by atoms with Crippen LogP contribution < -0.4 is 0 Å². The van der Waals surface area contributed by atoms with Crippen molar-refractivity contribution >= 4 is 43.1 Å². The Morgan fingerprint density at radius 2 is 0.600 bits per heavy atom. The minimum absolute atomic E-state index is 0.567. The summed E-state index contributed by atoms with van der Waals surface area (Å²) in [5.41, 5.74) is 5.04. The van der Waals surface area contributed by atoms with Gasteiger partial charge in [-0.2, -0.15) is 0 Å². The van der Waals surface area contributed by atoms with Crippen molar-refractivity contribution in [2.45, 2.75) is 13.1 Å². The Balaban J connectivity index is 1.12. The van der Waals surface area contributed by atoms with Crippen molar-refractivity contribution in [3.05, 3.63) is 108 Å². The second kappa shape index (κ2) is 22.7. The molecule has 0 spiro atoms. The van der Waals surface area contributed by atoms with E-state index in [4.69, 9.17) is 37.9 Å². The lowest BCUT2D eigenvalue weighted by molar-refractivity contribution is 0.00206. The van der Waals surface area contributed by atoms with Crippen LogP contribution in [0.15, 0.2) is 97.1 Å². The van der Waals surface area contributed by atoms with E-state index in [-0.39, 0.29) is 0 Å². The first kappa shape index (κ1) is 42.6. The highest BCUT2D eigenvalue weighted by Crippen LogP contribution is 2.36. The van der Waals surface area contributed by atoms with E-state index >= 15 is 0 Å². The van der Waals surface area contributed by atoms with Gasteiger partial charge in [0.15, 0.2) is 0 Å². The first-order chi connectivity index (χ1) is 29.8. The molecular weight excluding hydrogens is 757 g/mol. The molecule has 60 heavy (non-hydrogen) atoms. The average Bonchev–Trinajstić information content (AvgIpc) is 3.30. The predicted octanol–water partition coefficient (Wildman–Crippen LogP) is 7.73. The van der Waals surface area contributed by atoms with E-state index in [1.165, 1.54) is 65.3 Å². The van der Waals surface area contributed by atoms with Gasteiger partial charge in [0.1, 0.15) is 0 Å². The second-order valence-electron chi connectivity index (χ2n) is 15.5.